The zero-order chi connectivity index (χ0) is 16.2. The third kappa shape index (κ3) is 3.83. The van der Waals surface area contributed by atoms with Crippen molar-refractivity contribution < 1.29 is 0 Å². The van der Waals surface area contributed by atoms with Crippen molar-refractivity contribution in [3.05, 3.63) is 47.5 Å². The molecule has 6 heteroatoms. The predicted octanol–water partition coefficient (Wildman–Crippen LogP) is 1.09. The van der Waals surface area contributed by atoms with Crippen molar-refractivity contribution in [3.63, 3.8) is 0 Å². The fraction of sp³-hybridized carbons (Fsp3) is 0.556. The third-order valence-corrected chi connectivity index (χ3v) is 4.92. The summed E-state index contributed by atoms with van der Waals surface area (Å²) in [6.07, 6.45) is 5.04. The molecule has 0 aromatic carbocycles. The minimum atomic E-state index is 0.950. The van der Waals surface area contributed by atoms with Crippen molar-refractivity contribution in [1.82, 2.24) is 29.9 Å². The van der Waals surface area contributed by atoms with Gasteiger partial charge in [0.1, 0.15) is 0 Å². The Morgan fingerprint density at radius 3 is 2.71 bits per heavy atom. The second-order valence-corrected chi connectivity index (χ2v) is 6.79. The Morgan fingerprint density at radius 1 is 1.04 bits per heavy atom. The molecule has 0 unspecified atom stereocenters. The van der Waals surface area contributed by atoms with E-state index in [1.54, 1.807) is 0 Å². The van der Waals surface area contributed by atoms with E-state index in [1.165, 1.54) is 23.4 Å². The average molecular weight is 326 g/mol. The number of hydrogen-bond acceptors (Lipinski definition) is 5. The highest BCUT2D eigenvalue weighted by Gasteiger charge is 2.18. The molecule has 1 N–H and O–H groups in total. The van der Waals surface area contributed by atoms with Crippen LogP contribution >= 0.6 is 0 Å². The number of hydrogen-bond donors (Lipinski definition) is 1. The quantitative estimate of drug-likeness (QED) is 0.911. The van der Waals surface area contributed by atoms with Crippen LogP contribution in [0.4, 0.5) is 0 Å². The van der Waals surface area contributed by atoms with Crippen LogP contribution in [0.15, 0.2) is 30.6 Å². The van der Waals surface area contributed by atoms with E-state index in [0.717, 1.165) is 58.9 Å². The molecule has 0 amide bonds. The Hall–Kier alpha value is -1.76. The Kier molecular flexibility index (Phi) is 4.87. The zero-order valence-electron chi connectivity index (χ0n) is 14.2. The summed E-state index contributed by atoms with van der Waals surface area (Å²) in [7, 11) is 0. The SMILES string of the molecule is c1cncc(CN2CCCN(Cc3cc4n(n3)CCNC4)CC2)c1. The molecule has 4 heterocycles. The van der Waals surface area contributed by atoms with Crippen LogP contribution in [-0.4, -0.2) is 57.3 Å². The van der Waals surface area contributed by atoms with E-state index in [-0.39, 0.29) is 0 Å². The molecule has 4 rings (SSSR count). The maximum Gasteiger partial charge on any atom is 0.0768 e. The molecule has 0 spiro atoms. The average Bonchev–Trinajstić information content (AvgIpc) is 2.89. The summed E-state index contributed by atoms with van der Waals surface area (Å²) in [5, 5.41) is 8.19. The Morgan fingerprint density at radius 2 is 1.92 bits per heavy atom. The maximum absolute atomic E-state index is 4.78. The molecule has 0 saturated carbocycles. The highest BCUT2D eigenvalue weighted by atomic mass is 15.3. The topological polar surface area (TPSA) is 49.2 Å². The molecule has 2 aliphatic heterocycles. The van der Waals surface area contributed by atoms with E-state index in [4.69, 9.17) is 5.10 Å². The van der Waals surface area contributed by atoms with Crippen LogP contribution in [0, 0.1) is 0 Å². The smallest absolute Gasteiger partial charge is 0.0768 e. The van der Waals surface area contributed by atoms with Gasteiger partial charge in [0.2, 0.25) is 0 Å². The highest BCUT2D eigenvalue weighted by Crippen LogP contribution is 2.13. The molecule has 0 radical (unpaired) electrons. The van der Waals surface area contributed by atoms with E-state index in [2.05, 4.69) is 36.9 Å². The molecule has 128 valence electrons. The third-order valence-electron chi connectivity index (χ3n) is 4.92. The summed E-state index contributed by atoms with van der Waals surface area (Å²) in [6, 6.07) is 6.46. The minimum Gasteiger partial charge on any atom is -0.309 e. The monoisotopic (exact) mass is 326 g/mol. The number of rotatable bonds is 4. The van der Waals surface area contributed by atoms with E-state index in [0.29, 0.717) is 0 Å². The van der Waals surface area contributed by atoms with Gasteiger partial charge >= 0.3 is 0 Å². The molecule has 1 fully saturated rings. The van der Waals surface area contributed by atoms with Gasteiger partial charge in [0.05, 0.1) is 17.9 Å². The molecule has 2 aromatic rings. The fourth-order valence-electron chi connectivity index (χ4n) is 3.65. The first-order chi connectivity index (χ1) is 11.9. The normalized spacial score (nSPS) is 19.8. The number of pyridine rings is 1. The van der Waals surface area contributed by atoms with Gasteiger partial charge < -0.3 is 5.32 Å². The van der Waals surface area contributed by atoms with Crippen molar-refractivity contribution in [2.45, 2.75) is 32.6 Å². The van der Waals surface area contributed by atoms with Gasteiger partial charge in [-0.25, -0.2) is 0 Å². The Labute approximate surface area is 143 Å². The van der Waals surface area contributed by atoms with E-state index in [1.807, 2.05) is 18.5 Å². The lowest BCUT2D eigenvalue weighted by Crippen LogP contribution is -2.30. The second kappa shape index (κ2) is 7.42. The van der Waals surface area contributed by atoms with Crippen molar-refractivity contribution in [3.8, 4) is 0 Å². The molecular formula is C18H26N6. The lowest BCUT2D eigenvalue weighted by molar-refractivity contribution is 0.245. The number of nitrogens with zero attached hydrogens (tertiary/aromatic N) is 5. The maximum atomic E-state index is 4.78. The van der Waals surface area contributed by atoms with Crippen LogP contribution in [0.3, 0.4) is 0 Å². The van der Waals surface area contributed by atoms with Gasteiger partial charge in [0.25, 0.3) is 0 Å². The van der Waals surface area contributed by atoms with Crippen LogP contribution in [0.2, 0.25) is 0 Å². The van der Waals surface area contributed by atoms with E-state index >= 15 is 0 Å². The van der Waals surface area contributed by atoms with Gasteiger partial charge in [-0.2, -0.15) is 5.10 Å². The van der Waals surface area contributed by atoms with Crippen LogP contribution in [0.25, 0.3) is 0 Å². The molecule has 2 aromatic heterocycles. The van der Waals surface area contributed by atoms with E-state index in [9.17, 15) is 0 Å². The summed E-state index contributed by atoms with van der Waals surface area (Å²) in [4.78, 5) is 9.31. The minimum absolute atomic E-state index is 0.950. The number of fused-ring (bicyclic) bond motifs is 1. The largest absolute Gasteiger partial charge is 0.309 e. The van der Waals surface area contributed by atoms with Crippen molar-refractivity contribution in [2.24, 2.45) is 0 Å². The van der Waals surface area contributed by atoms with Crippen LogP contribution < -0.4 is 5.32 Å². The van der Waals surface area contributed by atoms with Crippen LogP contribution in [0.5, 0.6) is 0 Å². The van der Waals surface area contributed by atoms with Crippen molar-refractivity contribution in [2.75, 3.05) is 32.7 Å². The molecule has 2 aliphatic rings. The highest BCUT2D eigenvalue weighted by molar-refractivity contribution is 5.12. The lowest BCUT2D eigenvalue weighted by Gasteiger charge is -2.21. The first-order valence-electron chi connectivity index (χ1n) is 8.97. The summed E-state index contributed by atoms with van der Waals surface area (Å²) in [6.45, 7) is 9.50. The zero-order valence-corrected chi connectivity index (χ0v) is 14.2. The molecule has 0 bridgehead atoms. The van der Waals surface area contributed by atoms with Crippen molar-refractivity contribution >= 4 is 0 Å². The first-order valence-corrected chi connectivity index (χ1v) is 8.97. The fourth-order valence-corrected chi connectivity index (χ4v) is 3.65. The van der Waals surface area contributed by atoms with Gasteiger partial charge in [0, 0.05) is 51.7 Å². The molecule has 0 atom stereocenters. The molecule has 0 aliphatic carbocycles. The number of aromatic nitrogens is 3. The van der Waals surface area contributed by atoms with Gasteiger partial charge in [0.15, 0.2) is 0 Å². The summed E-state index contributed by atoms with van der Waals surface area (Å²) >= 11 is 0. The second-order valence-electron chi connectivity index (χ2n) is 6.79. The summed E-state index contributed by atoms with van der Waals surface area (Å²) < 4.78 is 2.17. The van der Waals surface area contributed by atoms with Crippen LogP contribution in [0.1, 0.15) is 23.4 Å². The summed E-state index contributed by atoms with van der Waals surface area (Å²) in [5.74, 6) is 0. The van der Waals surface area contributed by atoms with Crippen LogP contribution in [-0.2, 0) is 26.2 Å². The van der Waals surface area contributed by atoms with Gasteiger partial charge in [-0.1, -0.05) is 6.07 Å². The van der Waals surface area contributed by atoms with Gasteiger partial charge in [-0.05, 0) is 37.2 Å². The Bertz CT molecular complexity index is 629. The van der Waals surface area contributed by atoms with Gasteiger partial charge in [-0.15, -0.1) is 0 Å². The van der Waals surface area contributed by atoms with E-state index < -0.39 is 0 Å². The first kappa shape index (κ1) is 15.7. The van der Waals surface area contributed by atoms with Gasteiger partial charge in [-0.3, -0.25) is 19.5 Å². The number of nitrogens with one attached hydrogen (secondary N) is 1. The van der Waals surface area contributed by atoms with Crippen molar-refractivity contribution in [1.29, 1.82) is 0 Å². The standard InChI is InChI=1S/C18H26N6/c1-3-16(12-19-4-1)14-22-6-2-7-23(10-9-22)15-17-11-18-13-20-5-8-24(18)21-17/h1,3-4,11-12,20H,2,5-10,13-15H2. The molecule has 24 heavy (non-hydrogen) atoms. The summed E-state index contributed by atoms with van der Waals surface area (Å²) in [5.41, 5.74) is 3.85. The molecule has 1 saturated heterocycles. The molecular weight excluding hydrogens is 300 g/mol. The lowest BCUT2D eigenvalue weighted by atomic mass is 10.2. The Balaban J connectivity index is 1.32. The predicted molar refractivity (Wildman–Crippen MR) is 93.3 cm³/mol. The molecule has 6 nitrogen and oxygen atoms in total.